The Labute approximate surface area is 187 Å². The van der Waals surface area contributed by atoms with Gasteiger partial charge >= 0.3 is 6.09 Å². The summed E-state index contributed by atoms with van der Waals surface area (Å²) in [7, 11) is 0. The van der Waals surface area contributed by atoms with Crippen LogP contribution in [-0.4, -0.2) is 53.3 Å². The van der Waals surface area contributed by atoms with Crippen molar-refractivity contribution in [1.29, 1.82) is 0 Å². The van der Waals surface area contributed by atoms with Crippen molar-refractivity contribution in [2.45, 2.75) is 45.3 Å². The lowest BCUT2D eigenvalue weighted by atomic mass is 9.90. The third-order valence-corrected chi connectivity index (χ3v) is 6.17. The quantitative estimate of drug-likeness (QED) is 0.733. The number of likely N-dealkylation sites (tertiary alicyclic amines) is 1. The maximum absolute atomic E-state index is 13.1. The van der Waals surface area contributed by atoms with Crippen LogP contribution in [0.3, 0.4) is 0 Å². The second-order valence-corrected chi connectivity index (χ2v) is 8.42. The average Bonchev–Trinajstić information content (AvgIpc) is 3.28. The van der Waals surface area contributed by atoms with E-state index >= 15 is 0 Å². The zero-order valence-electron chi connectivity index (χ0n) is 18.4. The minimum absolute atomic E-state index is 0.0327. The highest BCUT2D eigenvalue weighted by atomic mass is 16.6. The first-order valence-electron chi connectivity index (χ1n) is 11.2. The van der Waals surface area contributed by atoms with Gasteiger partial charge in [0.15, 0.2) is 5.82 Å². The zero-order chi connectivity index (χ0) is 22.3. The number of hydrogen-bond donors (Lipinski definition) is 1. The van der Waals surface area contributed by atoms with Gasteiger partial charge in [-0.3, -0.25) is 4.79 Å². The normalized spacial score (nSPS) is 18.8. The Morgan fingerprint density at radius 2 is 1.88 bits per heavy atom. The Hall–Kier alpha value is -2.94. The first-order chi connectivity index (χ1) is 15.6. The number of hydrogen-bond acceptors (Lipinski definition) is 7. The number of ether oxygens (including phenoxy) is 2. The lowest BCUT2D eigenvalue weighted by Crippen LogP contribution is -2.45. The van der Waals surface area contributed by atoms with Crippen molar-refractivity contribution in [3.63, 3.8) is 0 Å². The van der Waals surface area contributed by atoms with E-state index in [0.29, 0.717) is 50.9 Å². The molecule has 4 rings (SSSR count). The molecular formula is C23H30N4O5. The van der Waals surface area contributed by atoms with Crippen molar-refractivity contribution in [1.82, 2.24) is 20.4 Å². The molecular weight excluding hydrogens is 412 g/mol. The van der Waals surface area contributed by atoms with E-state index in [1.165, 1.54) is 0 Å². The molecule has 32 heavy (non-hydrogen) atoms. The van der Waals surface area contributed by atoms with Gasteiger partial charge in [-0.15, -0.1) is 0 Å². The minimum atomic E-state index is -0.339. The van der Waals surface area contributed by atoms with Gasteiger partial charge in [0, 0.05) is 32.2 Å². The van der Waals surface area contributed by atoms with Crippen LogP contribution >= 0.6 is 0 Å². The molecule has 2 amide bonds. The van der Waals surface area contributed by atoms with E-state index in [4.69, 9.17) is 14.0 Å². The molecule has 2 saturated heterocycles. The molecule has 3 heterocycles. The molecule has 9 heteroatoms. The summed E-state index contributed by atoms with van der Waals surface area (Å²) < 4.78 is 16.3. The summed E-state index contributed by atoms with van der Waals surface area (Å²) >= 11 is 0. The number of nitrogens with zero attached hydrogens (tertiary/aromatic N) is 3. The lowest BCUT2D eigenvalue weighted by molar-refractivity contribution is -0.128. The lowest BCUT2D eigenvalue weighted by Gasteiger charge is -2.33. The summed E-state index contributed by atoms with van der Waals surface area (Å²) in [6.45, 7) is 4.32. The number of benzene rings is 1. The second-order valence-electron chi connectivity index (χ2n) is 8.42. The predicted octanol–water partition coefficient (Wildman–Crippen LogP) is 3.01. The maximum atomic E-state index is 13.1. The summed E-state index contributed by atoms with van der Waals surface area (Å²) in [5.74, 6) is 0.994. The van der Waals surface area contributed by atoms with Crippen molar-refractivity contribution >= 4 is 12.0 Å². The van der Waals surface area contributed by atoms with Crippen molar-refractivity contribution < 1.29 is 23.6 Å². The Morgan fingerprint density at radius 3 is 2.53 bits per heavy atom. The number of carbonyl (C=O) groups excluding carboxylic acids is 2. The zero-order valence-corrected chi connectivity index (χ0v) is 18.4. The number of rotatable bonds is 6. The molecule has 0 saturated carbocycles. The highest BCUT2D eigenvalue weighted by Crippen LogP contribution is 2.30. The van der Waals surface area contributed by atoms with Gasteiger partial charge in [0.1, 0.15) is 12.6 Å². The summed E-state index contributed by atoms with van der Waals surface area (Å²) in [5.41, 5.74) is 0.950. The molecule has 1 aromatic carbocycles. The summed E-state index contributed by atoms with van der Waals surface area (Å²) in [6, 6.07) is 9.27. The smallest absolute Gasteiger partial charge is 0.410 e. The number of piperidine rings is 1. The Balaban J connectivity index is 1.29. The van der Waals surface area contributed by atoms with Crippen LogP contribution < -0.4 is 5.32 Å². The Bertz CT molecular complexity index is 889. The fraction of sp³-hybridized carbons (Fsp3) is 0.565. The highest BCUT2D eigenvalue weighted by Gasteiger charge is 2.34. The first-order valence-corrected chi connectivity index (χ1v) is 11.2. The Morgan fingerprint density at radius 1 is 1.16 bits per heavy atom. The molecule has 9 nitrogen and oxygen atoms in total. The van der Waals surface area contributed by atoms with E-state index in [1.54, 1.807) is 11.8 Å². The van der Waals surface area contributed by atoms with Crippen molar-refractivity contribution in [3.8, 4) is 0 Å². The van der Waals surface area contributed by atoms with Crippen molar-refractivity contribution in [2.24, 2.45) is 11.8 Å². The maximum Gasteiger partial charge on any atom is 0.410 e. The topological polar surface area (TPSA) is 107 Å². The SMILES string of the molecule is Cc1noc([C@H](NC(=O)C2CCN(C(=O)OCc3ccccc3)CC2)C2CCOCC2)n1. The standard InChI is InChI=1S/C23H30N4O5/c1-16-24-22(32-26-16)20(18-9-13-30-14-10-18)25-21(28)19-7-11-27(12-8-19)23(29)31-15-17-5-3-2-4-6-17/h2-6,18-20H,7-15H2,1H3,(H,25,28)/t20-/m1/s1. The molecule has 0 aliphatic carbocycles. The fourth-order valence-corrected chi connectivity index (χ4v) is 4.28. The third-order valence-electron chi connectivity index (χ3n) is 6.17. The molecule has 2 aliphatic heterocycles. The largest absolute Gasteiger partial charge is 0.445 e. The van der Waals surface area contributed by atoms with Gasteiger partial charge in [0.2, 0.25) is 11.8 Å². The van der Waals surface area contributed by atoms with Crippen LogP contribution in [0, 0.1) is 18.8 Å². The molecule has 1 N–H and O–H groups in total. The molecule has 0 bridgehead atoms. The van der Waals surface area contributed by atoms with E-state index < -0.39 is 0 Å². The fourth-order valence-electron chi connectivity index (χ4n) is 4.28. The van der Waals surface area contributed by atoms with Crippen LogP contribution in [0.15, 0.2) is 34.9 Å². The molecule has 2 aliphatic rings. The average molecular weight is 443 g/mol. The van der Waals surface area contributed by atoms with E-state index in [-0.39, 0.29) is 36.5 Å². The third kappa shape index (κ3) is 5.64. The molecule has 0 spiro atoms. The van der Waals surface area contributed by atoms with Gasteiger partial charge < -0.3 is 24.2 Å². The molecule has 2 fully saturated rings. The van der Waals surface area contributed by atoms with Gasteiger partial charge in [-0.2, -0.15) is 4.98 Å². The molecule has 2 aromatic rings. The van der Waals surface area contributed by atoms with Crippen LogP contribution in [0.2, 0.25) is 0 Å². The van der Waals surface area contributed by atoms with Gasteiger partial charge in [-0.25, -0.2) is 4.79 Å². The number of carbonyl (C=O) groups is 2. The van der Waals surface area contributed by atoms with E-state index in [2.05, 4.69) is 15.5 Å². The number of amides is 2. The minimum Gasteiger partial charge on any atom is -0.445 e. The first kappa shape index (κ1) is 22.3. The van der Waals surface area contributed by atoms with Crippen molar-refractivity contribution in [2.75, 3.05) is 26.3 Å². The van der Waals surface area contributed by atoms with Crippen molar-refractivity contribution in [3.05, 3.63) is 47.6 Å². The molecule has 172 valence electrons. The number of aryl methyl sites for hydroxylation is 1. The van der Waals surface area contributed by atoms with Crippen LogP contribution in [-0.2, 0) is 20.9 Å². The number of nitrogens with one attached hydrogen (secondary N) is 1. The summed E-state index contributed by atoms with van der Waals surface area (Å²) in [5, 5.41) is 7.05. The number of aromatic nitrogens is 2. The molecule has 0 radical (unpaired) electrons. The van der Waals surface area contributed by atoms with Crippen LogP contribution in [0.25, 0.3) is 0 Å². The second kappa shape index (κ2) is 10.6. The summed E-state index contributed by atoms with van der Waals surface area (Å²) in [6.07, 6.45) is 2.51. The van der Waals surface area contributed by atoms with Crippen LogP contribution in [0.5, 0.6) is 0 Å². The van der Waals surface area contributed by atoms with Gasteiger partial charge in [0.05, 0.1) is 0 Å². The van der Waals surface area contributed by atoms with Gasteiger partial charge in [-0.1, -0.05) is 35.5 Å². The molecule has 1 aromatic heterocycles. The van der Waals surface area contributed by atoms with Gasteiger partial charge in [-0.05, 0) is 44.1 Å². The Kier molecular flexibility index (Phi) is 7.36. The molecule has 0 unspecified atom stereocenters. The van der Waals surface area contributed by atoms with E-state index in [1.807, 2.05) is 30.3 Å². The van der Waals surface area contributed by atoms with Crippen LogP contribution in [0.1, 0.15) is 49.0 Å². The monoisotopic (exact) mass is 442 g/mol. The highest BCUT2D eigenvalue weighted by molar-refractivity contribution is 5.79. The molecule has 1 atom stereocenters. The van der Waals surface area contributed by atoms with E-state index in [0.717, 1.165) is 18.4 Å². The van der Waals surface area contributed by atoms with E-state index in [9.17, 15) is 9.59 Å². The van der Waals surface area contributed by atoms with Gasteiger partial charge in [0.25, 0.3) is 0 Å². The predicted molar refractivity (Wildman–Crippen MR) is 114 cm³/mol. The van der Waals surface area contributed by atoms with Crippen LogP contribution in [0.4, 0.5) is 4.79 Å². The summed E-state index contributed by atoms with van der Waals surface area (Å²) in [4.78, 5) is 31.5.